The third-order valence-corrected chi connectivity index (χ3v) is 6.47. The summed E-state index contributed by atoms with van der Waals surface area (Å²) in [7, 11) is 1.26. The van der Waals surface area contributed by atoms with E-state index in [2.05, 4.69) is 24.7 Å². The molecule has 1 aromatic rings. The number of carbonyl (C=O) groups excluding carboxylic acids is 2. The van der Waals surface area contributed by atoms with Crippen LogP contribution in [-0.4, -0.2) is 73.7 Å². The Morgan fingerprint density at radius 1 is 1.57 bits per heavy atom. The maximum atomic E-state index is 12.6. The first-order valence-corrected chi connectivity index (χ1v) is 10.0. The third-order valence-electron chi connectivity index (χ3n) is 4.25. The van der Waals surface area contributed by atoms with E-state index in [9.17, 15) is 19.5 Å². The Morgan fingerprint density at radius 2 is 2.32 bits per heavy atom. The van der Waals surface area contributed by atoms with E-state index in [1.165, 1.54) is 29.8 Å². The van der Waals surface area contributed by atoms with Gasteiger partial charge in [0.15, 0.2) is 5.13 Å². The molecule has 0 aromatic carbocycles. The van der Waals surface area contributed by atoms with Crippen LogP contribution in [0.3, 0.4) is 0 Å². The molecule has 11 nitrogen and oxygen atoms in total. The van der Waals surface area contributed by atoms with Crippen LogP contribution in [0.2, 0.25) is 0 Å². The second kappa shape index (κ2) is 7.93. The van der Waals surface area contributed by atoms with Crippen LogP contribution in [-0.2, 0) is 19.2 Å². The minimum absolute atomic E-state index is 0.0149. The molecule has 4 N–H and O–H groups in total. The summed E-state index contributed by atoms with van der Waals surface area (Å²) >= 11 is 7.71. The summed E-state index contributed by atoms with van der Waals surface area (Å²) in [6.07, 6.45) is 1.36. The van der Waals surface area contributed by atoms with E-state index in [1.54, 1.807) is 0 Å². The highest BCUT2D eigenvalue weighted by atomic mass is 35.5. The summed E-state index contributed by atoms with van der Waals surface area (Å²) in [5.41, 5.74) is 5.18. The van der Waals surface area contributed by atoms with Crippen molar-refractivity contribution in [2.45, 2.75) is 11.4 Å². The van der Waals surface area contributed by atoms with Crippen LogP contribution in [0.5, 0.6) is 0 Å². The highest BCUT2D eigenvalue weighted by Crippen LogP contribution is 2.43. The summed E-state index contributed by atoms with van der Waals surface area (Å²) in [5.74, 6) is -1.98. The van der Waals surface area contributed by atoms with E-state index >= 15 is 0 Å². The molecule has 150 valence electrons. The first-order valence-electron chi connectivity index (χ1n) is 7.78. The van der Waals surface area contributed by atoms with E-state index < -0.39 is 34.6 Å². The maximum Gasteiger partial charge on any atom is 0.316 e. The van der Waals surface area contributed by atoms with E-state index in [0.717, 1.165) is 17.1 Å². The lowest BCUT2D eigenvalue weighted by molar-refractivity contribution is -0.156. The van der Waals surface area contributed by atoms with Crippen LogP contribution in [0.15, 0.2) is 16.8 Å². The number of halogens is 1. The van der Waals surface area contributed by atoms with Crippen LogP contribution in [0.1, 0.15) is 5.82 Å². The molecule has 0 spiro atoms. The topological polar surface area (TPSA) is 160 Å². The fourth-order valence-electron chi connectivity index (χ4n) is 2.83. The van der Waals surface area contributed by atoms with Gasteiger partial charge in [0.05, 0.1) is 0 Å². The second-order valence-corrected chi connectivity index (χ2v) is 8.09. The van der Waals surface area contributed by atoms with Crippen molar-refractivity contribution in [3.63, 3.8) is 0 Å². The number of nitrogens with zero attached hydrogens (tertiary/aromatic N) is 4. The molecule has 2 unspecified atom stereocenters. The molecule has 2 aliphatic heterocycles. The van der Waals surface area contributed by atoms with Gasteiger partial charge >= 0.3 is 5.97 Å². The fourth-order valence-corrected chi connectivity index (χ4v) is 5.02. The summed E-state index contributed by atoms with van der Waals surface area (Å²) in [6.45, 7) is -0.0301. The number of nitrogens with two attached hydrogens (primary N) is 1. The number of nitrogens with one attached hydrogen (secondary N) is 1. The van der Waals surface area contributed by atoms with Gasteiger partial charge in [0, 0.05) is 29.4 Å². The molecular formula is C14H15ClN6O5S2. The zero-order chi connectivity index (χ0) is 20.5. The minimum atomic E-state index is -1.27. The summed E-state index contributed by atoms with van der Waals surface area (Å²) in [4.78, 5) is 46.7. The van der Waals surface area contributed by atoms with Gasteiger partial charge in [-0.1, -0.05) is 22.8 Å². The van der Waals surface area contributed by atoms with Crippen molar-refractivity contribution in [2.75, 3.05) is 25.1 Å². The van der Waals surface area contributed by atoms with Crippen molar-refractivity contribution < 1.29 is 24.3 Å². The number of fused-ring (bicyclic) bond motifs is 1. The highest BCUT2D eigenvalue weighted by Gasteiger charge is 2.56. The second-order valence-electron chi connectivity index (χ2n) is 5.95. The SMILES string of the molecule is CON=C(C(=O)NC1C(=O)N2CC(C=CCl)(C(=O)O)CS[C@H]12)c1nsc(N)n1. The predicted octanol–water partition coefficient (Wildman–Crippen LogP) is -0.306. The lowest BCUT2D eigenvalue weighted by Gasteiger charge is -2.53. The number of aromatic nitrogens is 2. The number of nitrogen functional groups attached to an aromatic ring is 1. The number of hydrogen-bond donors (Lipinski definition) is 3. The van der Waals surface area contributed by atoms with Crippen LogP contribution in [0.25, 0.3) is 0 Å². The lowest BCUT2D eigenvalue weighted by atomic mass is 9.87. The van der Waals surface area contributed by atoms with Gasteiger partial charge in [0.2, 0.25) is 17.4 Å². The Balaban J connectivity index is 1.72. The molecule has 3 atom stereocenters. The number of carbonyl (C=O) groups is 3. The molecular weight excluding hydrogens is 432 g/mol. The van der Waals surface area contributed by atoms with Gasteiger partial charge in [-0.05, 0) is 0 Å². The minimum Gasteiger partial charge on any atom is -0.481 e. The molecule has 1 aromatic heterocycles. The van der Waals surface area contributed by atoms with Crippen LogP contribution >= 0.6 is 34.9 Å². The first-order chi connectivity index (χ1) is 13.3. The van der Waals surface area contributed by atoms with Gasteiger partial charge in [0.25, 0.3) is 5.91 Å². The van der Waals surface area contributed by atoms with E-state index in [-0.39, 0.29) is 29.0 Å². The number of carboxylic acid groups (broad SMARTS) is 1. The zero-order valence-corrected chi connectivity index (χ0v) is 16.8. The zero-order valence-electron chi connectivity index (χ0n) is 14.4. The molecule has 2 fully saturated rings. The standard InChI is InChI=1S/C14H15ClN6O5S2/c1-26-19-6(8-18-13(16)28-20-8)9(22)17-7-10(23)21-4-14(2-3-15,12(24)25)5-27-11(7)21/h2-3,7,11H,4-5H2,1H3,(H,17,22)(H,24,25)(H2,16,18,20)/t7?,11-,14?/m1/s1. The Morgan fingerprint density at radius 3 is 2.89 bits per heavy atom. The van der Waals surface area contributed by atoms with Gasteiger partial charge < -0.3 is 25.9 Å². The van der Waals surface area contributed by atoms with Gasteiger partial charge in [-0.25, -0.2) is 0 Å². The monoisotopic (exact) mass is 446 g/mol. The van der Waals surface area contributed by atoms with E-state index in [4.69, 9.17) is 17.3 Å². The first kappa shape index (κ1) is 20.4. The lowest BCUT2D eigenvalue weighted by Crippen LogP contribution is -2.73. The van der Waals surface area contributed by atoms with Gasteiger partial charge in [0.1, 0.15) is 23.9 Å². The number of amides is 2. The van der Waals surface area contributed by atoms with Gasteiger partial charge in [-0.15, -0.1) is 11.8 Å². The number of carboxylic acids is 1. The van der Waals surface area contributed by atoms with Crippen molar-refractivity contribution in [1.29, 1.82) is 0 Å². The molecule has 0 saturated carbocycles. The number of anilines is 1. The van der Waals surface area contributed by atoms with Crippen molar-refractivity contribution in [2.24, 2.45) is 10.6 Å². The molecule has 3 heterocycles. The number of oxime groups is 1. The summed E-state index contributed by atoms with van der Waals surface area (Å²) < 4.78 is 3.91. The predicted molar refractivity (Wildman–Crippen MR) is 103 cm³/mol. The summed E-state index contributed by atoms with van der Waals surface area (Å²) in [5, 5.41) is 15.5. The molecule has 0 aliphatic carbocycles. The smallest absolute Gasteiger partial charge is 0.316 e. The van der Waals surface area contributed by atoms with Gasteiger partial charge in [-0.2, -0.15) is 9.36 Å². The molecule has 3 rings (SSSR count). The largest absolute Gasteiger partial charge is 0.481 e. The quantitative estimate of drug-likeness (QED) is 0.302. The molecule has 28 heavy (non-hydrogen) atoms. The van der Waals surface area contributed by atoms with Crippen LogP contribution in [0, 0.1) is 5.41 Å². The third kappa shape index (κ3) is 3.52. The molecule has 0 bridgehead atoms. The summed E-state index contributed by atoms with van der Waals surface area (Å²) in [6, 6.07) is -0.831. The average Bonchev–Trinajstić information content (AvgIpc) is 3.09. The molecule has 2 aliphatic rings. The van der Waals surface area contributed by atoms with Crippen molar-refractivity contribution in [1.82, 2.24) is 19.6 Å². The van der Waals surface area contributed by atoms with Crippen LogP contribution < -0.4 is 11.1 Å². The Hall–Kier alpha value is -2.38. The van der Waals surface area contributed by atoms with E-state index in [1.807, 2.05) is 0 Å². The molecule has 0 radical (unpaired) electrons. The van der Waals surface area contributed by atoms with Crippen molar-refractivity contribution in [3.05, 3.63) is 17.4 Å². The molecule has 2 saturated heterocycles. The fraction of sp³-hybridized carbons (Fsp3) is 0.429. The van der Waals surface area contributed by atoms with E-state index in [0.29, 0.717) is 0 Å². The Labute approximate surface area is 172 Å². The van der Waals surface area contributed by atoms with Crippen molar-refractivity contribution in [3.8, 4) is 0 Å². The van der Waals surface area contributed by atoms with Gasteiger partial charge in [-0.3, -0.25) is 14.4 Å². The number of hydrogen-bond acceptors (Lipinski definition) is 10. The normalized spacial score (nSPS) is 27.3. The van der Waals surface area contributed by atoms with Crippen LogP contribution in [0.4, 0.5) is 5.13 Å². The number of β-lactam (4-membered cyclic amide) rings is 1. The maximum absolute atomic E-state index is 12.6. The Bertz CT molecular complexity index is 876. The highest BCUT2D eigenvalue weighted by molar-refractivity contribution is 8.00. The number of thioether (sulfide) groups is 1. The van der Waals surface area contributed by atoms with Crippen molar-refractivity contribution >= 4 is 63.5 Å². The number of aliphatic carboxylic acids is 1. The molecule has 14 heteroatoms. The Kier molecular flexibility index (Phi) is 5.76. The average molecular weight is 447 g/mol. The molecule has 2 amide bonds. The number of rotatable bonds is 6.